The van der Waals surface area contributed by atoms with Crippen molar-refractivity contribution in [2.24, 2.45) is 0 Å². The molecule has 0 saturated carbocycles. The lowest BCUT2D eigenvalue weighted by Crippen LogP contribution is -2.42. The number of esters is 1. The lowest BCUT2D eigenvalue weighted by Gasteiger charge is -2.40. The largest absolute Gasteiger partial charge is 0.466 e. The van der Waals surface area contributed by atoms with Gasteiger partial charge in [0, 0.05) is 13.1 Å². The molecule has 1 amide bonds. The van der Waals surface area contributed by atoms with Gasteiger partial charge in [-0.15, -0.1) is 0 Å². The van der Waals surface area contributed by atoms with Crippen molar-refractivity contribution in [1.29, 1.82) is 0 Å². The highest BCUT2D eigenvalue weighted by Crippen LogP contribution is 2.40. The van der Waals surface area contributed by atoms with Crippen LogP contribution in [0.1, 0.15) is 13.3 Å². The van der Waals surface area contributed by atoms with E-state index in [1.807, 2.05) is 0 Å². The Morgan fingerprint density at radius 2 is 1.88 bits per heavy atom. The number of hydrogen-bond acceptors (Lipinski definition) is 5. The van der Waals surface area contributed by atoms with E-state index in [2.05, 4.69) is 4.74 Å². The lowest BCUT2D eigenvalue weighted by molar-refractivity contribution is -0.148. The first-order chi connectivity index (χ1) is 7.44. The first-order valence-corrected chi connectivity index (χ1v) is 7.00. The van der Waals surface area contributed by atoms with Gasteiger partial charge in [-0.3, -0.25) is 18.7 Å². The van der Waals surface area contributed by atoms with Crippen molar-refractivity contribution in [3.05, 3.63) is 0 Å². The molecule has 0 atom stereocenters. The van der Waals surface area contributed by atoms with E-state index in [4.69, 9.17) is 0 Å². The Kier molecular flexibility index (Phi) is 4.57. The quantitative estimate of drug-likeness (QED) is 0.564. The van der Waals surface area contributed by atoms with Crippen LogP contribution in [0.3, 0.4) is 0 Å². The lowest BCUT2D eigenvalue weighted by atomic mass is 10.3. The van der Waals surface area contributed by atoms with Gasteiger partial charge in [-0.1, -0.05) is 0 Å². The maximum atomic E-state index is 11.6. The van der Waals surface area contributed by atoms with Gasteiger partial charge in [0.2, 0.25) is 5.91 Å². The summed E-state index contributed by atoms with van der Waals surface area (Å²) in [5.41, 5.74) is 0. The van der Waals surface area contributed by atoms with Crippen LogP contribution in [0, 0.1) is 0 Å². The zero-order chi connectivity index (χ0) is 12.2. The third-order valence-corrected chi connectivity index (χ3v) is 4.00. The number of ether oxygens (including phenoxy) is 1. The molecule has 0 bridgehead atoms. The topological polar surface area (TPSA) is 87.1 Å². The van der Waals surface area contributed by atoms with Crippen molar-refractivity contribution < 1.29 is 23.4 Å². The van der Waals surface area contributed by atoms with E-state index in [9.17, 15) is 18.7 Å². The summed E-state index contributed by atoms with van der Waals surface area (Å²) in [5.74, 6) is -0.457. The minimum Gasteiger partial charge on any atom is -0.466 e. The summed E-state index contributed by atoms with van der Waals surface area (Å²) in [7, 11) is -2.50. The Balaban J connectivity index is 2.36. The molecule has 2 N–H and O–H groups in total. The van der Waals surface area contributed by atoms with E-state index in [1.54, 1.807) is 6.92 Å². The monoisotopic (exact) mass is 251 g/mol. The summed E-state index contributed by atoms with van der Waals surface area (Å²) in [6, 6.07) is 0. The number of nitrogens with zero attached hydrogens (tertiary/aromatic N) is 1. The summed E-state index contributed by atoms with van der Waals surface area (Å²) in [5, 5.41) is 0. The zero-order valence-electron chi connectivity index (χ0n) is 9.22. The van der Waals surface area contributed by atoms with Crippen LogP contribution in [-0.4, -0.2) is 57.1 Å². The Bertz CT molecular complexity index is 271. The smallest absolute Gasteiger partial charge is 0.315 e. The molecule has 94 valence electrons. The molecule has 1 rings (SSSR count). The average Bonchev–Trinajstić information content (AvgIpc) is 2.17. The Labute approximate surface area is 95.9 Å². The summed E-state index contributed by atoms with van der Waals surface area (Å²) in [6.07, 6.45) is -0.271. The van der Waals surface area contributed by atoms with E-state index in [0.717, 1.165) is 0 Å². The SMILES string of the molecule is CCOC(=O)CC(=O)N1CCS(O)(O)CC1. The van der Waals surface area contributed by atoms with Gasteiger partial charge < -0.3 is 9.64 Å². The van der Waals surface area contributed by atoms with E-state index in [0.29, 0.717) is 13.1 Å². The minimum absolute atomic E-state index is 0.196. The summed E-state index contributed by atoms with van der Waals surface area (Å²) in [6.45, 7) is 2.52. The van der Waals surface area contributed by atoms with Crippen LogP contribution in [0.15, 0.2) is 0 Å². The summed E-state index contributed by atoms with van der Waals surface area (Å²) in [4.78, 5) is 24.1. The molecule has 0 aromatic carbocycles. The number of rotatable bonds is 3. The van der Waals surface area contributed by atoms with Crippen molar-refractivity contribution in [3.63, 3.8) is 0 Å². The number of hydrogen-bond donors (Lipinski definition) is 2. The van der Waals surface area contributed by atoms with Crippen LogP contribution in [0.2, 0.25) is 0 Å². The predicted octanol–water partition coefficient (Wildman–Crippen LogP) is 0.532. The predicted molar refractivity (Wildman–Crippen MR) is 60.4 cm³/mol. The standard InChI is InChI=1S/C9H17NO5S/c1-2-15-9(12)7-8(11)10-3-5-16(13,14)6-4-10/h13-14H,2-7H2,1H3. The molecule has 1 aliphatic rings. The number of carbonyl (C=O) groups is 2. The van der Waals surface area contributed by atoms with E-state index in [-0.39, 0.29) is 30.4 Å². The highest BCUT2D eigenvalue weighted by Gasteiger charge is 2.26. The van der Waals surface area contributed by atoms with Gasteiger partial charge >= 0.3 is 5.97 Å². The second-order valence-electron chi connectivity index (χ2n) is 3.57. The van der Waals surface area contributed by atoms with Crippen LogP contribution in [0.4, 0.5) is 0 Å². The van der Waals surface area contributed by atoms with Gasteiger partial charge in [0.05, 0.1) is 18.1 Å². The number of carbonyl (C=O) groups excluding carboxylic acids is 2. The fourth-order valence-corrected chi connectivity index (χ4v) is 2.65. The summed E-state index contributed by atoms with van der Waals surface area (Å²) < 4.78 is 23.4. The molecule has 16 heavy (non-hydrogen) atoms. The van der Waals surface area contributed by atoms with Gasteiger partial charge in [0.25, 0.3) is 0 Å². The van der Waals surface area contributed by atoms with Crippen LogP contribution >= 0.6 is 10.6 Å². The van der Waals surface area contributed by atoms with Crippen molar-refractivity contribution in [2.75, 3.05) is 31.2 Å². The molecule has 0 aliphatic carbocycles. The first kappa shape index (κ1) is 13.3. The number of amides is 1. The second kappa shape index (κ2) is 5.51. The Hall–Kier alpha value is -0.790. The molecule has 1 fully saturated rings. The van der Waals surface area contributed by atoms with E-state index >= 15 is 0 Å². The van der Waals surface area contributed by atoms with Crippen LogP contribution < -0.4 is 0 Å². The molecule has 1 saturated heterocycles. The van der Waals surface area contributed by atoms with Crippen molar-refractivity contribution in [3.8, 4) is 0 Å². The molecule has 0 spiro atoms. The molecular weight excluding hydrogens is 234 g/mol. The van der Waals surface area contributed by atoms with Crippen LogP contribution in [-0.2, 0) is 14.3 Å². The van der Waals surface area contributed by atoms with Crippen molar-refractivity contribution in [2.45, 2.75) is 13.3 Å². The van der Waals surface area contributed by atoms with E-state index in [1.165, 1.54) is 4.90 Å². The first-order valence-electron chi connectivity index (χ1n) is 5.11. The van der Waals surface area contributed by atoms with Gasteiger partial charge in [0.15, 0.2) is 0 Å². The van der Waals surface area contributed by atoms with Crippen LogP contribution in [0.5, 0.6) is 0 Å². The molecule has 1 heterocycles. The van der Waals surface area contributed by atoms with Crippen molar-refractivity contribution >= 4 is 22.5 Å². The van der Waals surface area contributed by atoms with Gasteiger partial charge in [-0.05, 0) is 6.92 Å². The zero-order valence-corrected chi connectivity index (χ0v) is 10.0. The highest BCUT2D eigenvalue weighted by molar-refractivity contribution is 8.24. The highest BCUT2D eigenvalue weighted by atomic mass is 32.3. The molecule has 0 aromatic rings. The maximum absolute atomic E-state index is 11.6. The van der Waals surface area contributed by atoms with Gasteiger partial charge in [-0.2, -0.15) is 10.6 Å². The average molecular weight is 251 g/mol. The normalized spacial score (nSPS) is 21.3. The van der Waals surface area contributed by atoms with Gasteiger partial charge in [0.1, 0.15) is 6.42 Å². The van der Waals surface area contributed by atoms with Crippen LogP contribution in [0.25, 0.3) is 0 Å². The summed E-state index contributed by atoms with van der Waals surface area (Å²) >= 11 is 0. The maximum Gasteiger partial charge on any atom is 0.315 e. The van der Waals surface area contributed by atoms with Crippen molar-refractivity contribution in [1.82, 2.24) is 4.90 Å². The second-order valence-corrected chi connectivity index (χ2v) is 5.99. The molecule has 0 aromatic heterocycles. The minimum atomic E-state index is -2.50. The molecule has 0 unspecified atom stereocenters. The fourth-order valence-electron chi connectivity index (χ4n) is 1.42. The third kappa shape index (κ3) is 3.99. The fraction of sp³-hybridized carbons (Fsp3) is 0.778. The van der Waals surface area contributed by atoms with E-state index < -0.39 is 16.6 Å². The molecule has 0 radical (unpaired) electrons. The molecular formula is C9H17NO5S. The molecule has 7 heteroatoms. The third-order valence-electron chi connectivity index (χ3n) is 2.33. The Morgan fingerprint density at radius 3 is 2.38 bits per heavy atom. The Morgan fingerprint density at radius 1 is 1.31 bits per heavy atom. The van der Waals surface area contributed by atoms with Gasteiger partial charge in [-0.25, -0.2) is 0 Å². The molecule has 1 aliphatic heterocycles. The molecule has 6 nitrogen and oxygen atoms in total.